The number of hydrogen-bond acceptors (Lipinski definition) is 0. The van der Waals surface area contributed by atoms with Crippen LogP contribution in [0.25, 0.3) is 0 Å². The maximum Gasteiger partial charge on any atom is -0.0168 e. The average molecular weight is 182 g/mol. The van der Waals surface area contributed by atoms with Gasteiger partial charge in [0.15, 0.2) is 0 Å². The van der Waals surface area contributed by atoms with Gasteiger partial charge in [-0.3, -0.25) is 0 Å². The summed E-state index contributed by atoms with van der Waals surface area (Å²) in [5.74, 6) is 0. The highest BCUT2D eigenvalue weighted by Gasteiger charge is 1.63. The van der Waals surface area contributed by atoms with E-state index in [-0.39, 0.29) is 0 Å². The van der Waals surface area contributed by atoms with Gasteiger partial charge in [-0.25, -0.2) is 0 Å². The molecule has 5 heavy (non-hydrogen) atoms. The molecule has 30 valence electrons. The van der Waals surface area contributed by atoms with E-state index >= 15 is 0 Å². The minimum absolute atomic E-state index is 1.35. The van der Waals surface area contributed by atoms with Crippen molar-refractivity contribution in [2.45, 2.75) is 13.8 Å². The minimum Gasteiger partial charge on any atom is -0.0786 e. The Kier molecular flexibility index (Phi) is 2.95. The summed E-state index contributed by atoms with van der Waals surface area (Å²) in [5, 5.41) is 0. The van der Waals surface area contributed by atoms with Crippen molar-refractivity contribution in [2.75, 3.05) is 0 Å². The molecular formula is C4H7I. The minimum atomic E-state index is 1.35. The Morgan fingerprint density at radius 2 is 2.00 bits per heavy atom. The molecule has 0 amide bonds. The van der Waals surface area contributed by atoms with Gasteiger partial charge in [0.25, 0.3) is 0 Å². The van der Waals surface area contributed by atoms with Gasteiger partial charge in [-0.05, 0) is 40.0 Å². The first-order chi connectivity index (χ1) is 2.27. The third-order valence-electron chi connectivity index (χ3n) is 0.398. The molecule has 0 nitrogen and oxygen atoms in total. The summed E-state index contributed by atoms with van der Waals surface area (Å²) >= 11 is 2.27. The Labute approximate surface area is 46.4 Å². The maximum absolute atomic E-state index is 2.27. The highest BCUT2D eigenvalue weighted by atomic mass is 127. The van der Waals surface area contributed by atoms with Gasteiger partial charge in [0.05, 0.1) is 0 Å². The third-order valence-corrected chi connectivity index (χ3v) is 1.02. The zero-order valence-electron chi connectivity index (χ0n) is 3.46. The maximum atomic E-state index is 2.27. The van der Waals surface area contributed by atoms with E-state index in [1.807, 2.05) is 6.92 Å². The van der Waals surface area contributed by atoms with Crippen LogP contribution >= 0.6 is 22.6 Å². The van der Waals surface area contributed by atoms with Crippen LogP contribution in [-0.4, -0.2) is 0 Å². The van der Waals surface area contributed by atoms with E-state index in [1.165, 1.54) is 3.58 Å². The first kappa shape index (κ1) is 5.47. The summed E-state index contributed by atoms with van der Waals surface area (Å²) in [7, 11) is 0. The van der Waals surface area contributed by atoms with Gasteiger partial charge >= 0.3 is 0 Å². The molecular weight excluding hydrogens is 175 g/mol. The second kappa shape index (κ2) is 2.69. The Balaban J connectivity index is 3.14. The van der Waals surface area contributed by atoms with Crippen LogP contribution in [0, 0.1) is 0 Å². The van der Waals surface area contributed by atoms with E-state index < -0.39 is 0 Å². The first-order valence-corrected chi connectivity index (χ1v) is 2.63. The molecule has 0 spiro atoms. The number of allylic oxidation sites excluding steroid dienone is 2. The number of halogens is 1. The fraction of sp³-hybridized carbons (Fsp3) is 0.500. The summed E-state index contributed by atoms with van der Waals surface area (Å²) in [5.41, 5.74) is 0. The summed E-state index contributed by atoms with van der Waals surface area (Å²) in [4.78, 5) is 0. The molecule has 0 aliphatic rings. The lowest BCUT2D eigenvalue weighted by molar-refractivity contribution is 1.63. The molecule has 0 saturated carbocycles. The lowest BCUT2D eigenvalue weighted by Gasteiger charge is -1.71. The number of rotatable bonds is 0. The second-order valence-corrected chi connectivity index (χ2v) is 2.58. The predicted octanol–water partition coefficient (Wildman–Crippen LogP) is 2.35. The predicted molar refractivity (Wildman–Crippen MR) is 33.5 cm³/mol. The van der Waals surface area contributed by atoms with Crippen molar-refractivity contribution in [3.63, 3.8) is 0 Å². The van der Waals surface area contributed by atoms with E-state index in [4.69, 9.17) is 0 Å². The smallest absolute Gasteiger partial charge is 0.0168 e. The number of hydrogen-bond donors (Lipinski definition) is 0. The highest BCUT2D eigenvalue weighted by Crippen LogP contribution is 1.99. The molecule has 0 aromatic carbocycles. The monoisotopic (exact) mass is 182 g/mol. The summed E-state index contributed by atoms with van der Waals surface area (Å²) in [6, 6.07) is 0. The van der Waals surface area contributed by atoms with Crippen LogP contribution in [0.3, 0.4) is 0 Å². The van der Waals surface area contributed by atoms with E-state index in [9.17, 15) is 0 Å². The van der Waals surface area contributed by atoms with E-state index in [0.717, 1.165) is 0 Å². The van der Waals surface area contributed by atoms with Gasteiger partial charge in [-0.2, -0.15) is 0 Å². The fourth-order valence-electron chi connectivity index (χ4n) is 0. The van der Waals surface area contributed by atoms with Crippen LogP contribution in [-0.2, 0) is 0 Å². The Bertz CT molecular complexity index is 41.6. The normalized spacial score (nSPS) is 12.2. The molecule has 0 heterocycles. The summed E-state index contributed by atoms with van der Waals surface area (Å²) in [6.07, 6.45) is 2.07. The van der Waals surface area contributed by atoms with Crippen LogP contribution in [0.15, 0.2) is 9.66 Å². The van der Waals surface area contributed by atoms with Crippen molar-refractivity contribution < 1.29 is 0 Å². The molecule has 0 aromatic heterocycles. The van der Waals surface area contributed by atoms with Crippen molar-refractivity contribution in [2.24, 2.45) is 0 Å². The van der Waals surface area contributed by atoms with Crippen LogP contribution in [0.1, 0.15) is 13.8 Å². The molecule has 0 rings (SSSR count). The van der Waals surface area contributed by atoms with E-state index in [2.05, 4.69) is 35.6 Å². The summed E-state index contributed by atoms with van der Waals surface area (Å²) in [6.45, 7) is 4.10. The van der Waals surface area contributed by atoms with Crippen molar-refractivity contribution in [3.05, 3.63) is 9.66 Å². The van der Waals surface area contributed by atoms with E-state index in [1.54, 1.807) is 0 Å². The quantitative estimate of drug-likeness (QED) is 0.504. The zero-order valence-corrected chi connectivity index (χ0v) is 5.61. The van der Waals surface area contributed by atoms with Crippen molar-refractivity contribution in [3.8, 4) is 0 Å². The molecule has 0 radical (unpaired) electrons. The average Bonchev–Trinajstić information content (AvgIpc) is 1.38. The third kappa shape index (κ3) is 4.47. The molecule has 1 heteroatoms. The SMILES string of the molecule is C/C=C(/C)I. The molecule has 0 unspecified atom stereocenters. The van der Waals surface area contributed by atoms with Crippen molar-refractivity contribution in [1.82, 2.24) is 0 Å². The molecule has 0 bridgehead atoms. The standard InChI is InChI=1S/C4H7I/c1-3-4(2)5/h3H,1-2H3/b4-3-. The zero-order chi connectivity index (χ0) is 4.28. The van der Waals surface area contributed by atoms with Crippen LogP contribution < -0.4 is 0 Å². The topological polar surface area (TPSA) is 0 Å². The van der Waals surface area contributed by atoms with Gasteiger partial charge < -0.3 is 0 Å². The van der Waals surface area contributed by atoms with Gasteiger partial charge in [-0.15, -0.1) is 0 Å². The van der Waals surface area contributed by atoms with Gasteiger partial charge in [-0.1, -0.05) is 6.08 Å². The summed E-state index contributed by atoms with van der Waals surface area (Å²) < 4.78 is 1.35. The lowest BCUT2D eigenvalue weighted by Crippen LogP contribution is -1.43. The molecule has 0 aliphatic carbocycles. The van der Waals surface area contributed by atoms with Crippen LogP contribution in [0.2, 0.25) is 0 Å². The lowest BCUT2D eigenvalue weighted by atomic mass is 10.6. The Morgan fingerprint density at radius 1 is 1.80 bits per heavy atom. The largest absolute Gasteiger partial charge is 0.0786 e. The van der Waals surface area contributed by atoms with Crippen LogP contribution in [0.4, 0.5) is 0 Å². The molecule has 0 N–H and O–H groups in total. The Hall–Kier alpha value is 0.470. The highest BCUT2D eigenvalue weighted by molar-refractivity contribution is 14.1. The molecule has 0 aliphatic heterocycles. The van der Waals surface area contributed by atoms with Crippen molar-refractivity contribution in [1.29, 1.82) is 0 Å². The van der Waals surface area contributed by atoms with Gasteiger partial charge in [0.1, 0.15) is 0 Å². The molecule has 0 aromatic rings. The van der Waals surface area contributed by atoms with Gasteiger partial charge in [0, 0.05) is 0 Å². The first-order valence-electron chi connectivity index (χ1n) is 1.56. The molecule has 0 saturated heterocycles. The molecule has 0 atom stereocenters. The second-order valence-electron chi connectivity index (χ2n) is 0.875. The Morgan fingerprint density at radius 3 is 2.00 bits per heavy atom. The fourth-order valence-corrected chi connectivity index (χ4v) is 0. The van der Waals surface area contributed by atoms with Gasteiger partial charge in [0.2, 0.25) is 0 Å². The molecule has 0 fully saturated rings. The van der Waals surface area contributed by atoms with Crippen LogP contribution in [0.5, 0.6) is 0 Å². The van der Waals surface area contributed by atoms with Crippen molar-refractivity contribution >= 4 is 22.6 Å². The van der Waals surface area contributed by atoms with E-state index in [0.29, 0.717) is 0 Å².